The Morgan fingerprint density at radius 2 is 1.81 bits per heavy atom. The number of carboxylic acid groups (broad SMARTS) is 2. The highest BCUT2D eigenvalue weighted by Gasteiger charge is 2.20. The van der Waals surface area contributed by atoms with E-state index in [0.29, 0.717) is 5.39 Å². The SMILES string of the molecule is C=CC(=O)OC(C)COC(=O)c1ccc2c(C(=O)O)c(C(=O)O)ccc2c1. The summed E-state index contributed by atoms with van der Waals surface area (Å²) in [6.45, 7) is 4.63. The average Bonchev–Trinajstić information content (AvgIpc) is 2.64. The Morgan fingerprint density at radius 3 is 2.41 bits per heavy atom. The maximum Gasteiger partial charge on any atom is 0.338 e. The smallest absolute Gasteiger partial charge is 0.338 e. The second-order valence-corrected chi connectivity index (χ2v) is 5.58. The fourth-order valence-electron chi connectivity index (χ4n) is 2.42. The second-order valence-electron chi connectivity index (χ2n) is 5.58. The van der Waals surface area contributed by atoms with E-state index in [2.05, 4.69) is 6.58 Å². The number of hydrogen-bond acceptors (Lipinski definition) is 6. The molecule has 0 aliphatic heterocycles. The lowest BCUT2D eigenvalue weighted by Gasteiger charge is -2.13. The van der Waals surface area contributed by atoms with Gasteiger partial charge in [0.1, 0.15) is 12.7 Å². The van der Waals surface area contributed by atoms with Crippen molar-refractivity contribution in [2.45, 2.75) is 13.0 Å². The molecule has 2 aromatic carbocycles. The van der Waals surface area contributed by atoms with Crippen molar-refractivity contribution >= 4 is 34.6 Å². The number of carbonyl (C=O) groups excluding carboxylic acids is 2. The summed E-state index contributed by atoms with van der Waals surface area (Å²) in [5.74, 6) is -4.08. The van der Waals surface area contributed by atoms with E-state index in [-0.39, 0.29) is 28.7 Å². The number of ether oxygens (including phenoxy) is 2. The van der Waals surface area contributed by atoms with E-state index in [0.717, 1.165) is 6.08 Å². The first-order valence-corrected chi connectivity index (χ1v) is 7.78. The fourth-order valence-corrected chi connectivity index (χ4v) is 2.42. The fraction of sp³-hybridized carbons (Fsp3) is 0.158. The molecule has 2 rings (SSSR count). The number of fused-ring (bicyclic) bond motifs is 1. The number of esters is 2. The normalized spacial score (nSPS) is 11.4. The minimum Gasteiger partial charge on any atom is -0.478 e. The van der Waals surface area contributed by atoms with Crippen LogP contribution in [0.25, 0.3) is 10.8 Å². The van der Waals surface area contributed by atoms with Crippen LogP contribution in [0.4, 0.5) is 0 Å². The minimum absolute atomic E-state index is 0.143. The molecule has 0 aliphatic carbocycles. The van der Waals surface area contributed by atoms with Gasteiger partial charge in [-0.2, -0.15) is 0 Å². The standard InChI is InChI=1S/C19H16O8/c1-3-15(20)27-10(2)9-26-19(25)12-5-6-13-11(8-12)4-7-14(17(21)22)16(13)18(23)24/h3-8,10H,1,9H2,2H3,(H,21,22)(H,23,24). The summed E-state index contributed by atoms with van der Waals surface area (Å²) in [5, 5.41) is 19.0. The lowest BCUT2D eigenvalue weighted by molar-refractivity contribution is -0.144. The molecule has 0 fully saturated rings. The van der Waals surface area contributed by atoms with Crippen molar-refractivity contribution < 1.29 is 38.9 Å². The molecule has 0 spiro atoms. The number of aromatic carboxylic acids is 2. The van der Waals surface area contributed by atoms with Crippen LogP contribution in [0.2, 0.25) is 0 Å². The van der Waals surface area contributed by atoms with Crippen molar-refractivity contribution in [1.29, 1.82) is 0 Å². The molecular formula is C19H16O8. The number of benzene rings is 2. The van der Waals surface area contributed by atoms with E-state index in [1.165, 1.54) is 30.3 Å². The largest absolute Gasteiger partial charge is 0.478 e. The van der Waals surface area contributed by atoms with Gasteiger partial charge in [-0.25, -0.2) is 19.2 Å². The van der Waals surface area contributed by atoms with Gasteiger partial charge in [0.2, 0.25) is 0 Å². The first kappa shape index (κ1) is 19.6. The molecule has 1 unspecified atom stereocenters. The summed E-state index contributed by atoms with van der Waals surface area (Å²) in [6, 6.07) is 6.67. The van der Waals surface area contributed by atoms with Crippen molar-refractivity contribution in [2.75, 3.05) is 6.61 Å². The first-order valence-electron chi connectivity index (χ1n) is 7.78. The van der Waals surface area contributed by atoms with Gasteiger partial charge in [-0.05, 0) is 35.9 Å². The minimum atomic E-state index is -1.38. The number of hydrogen-bond donors (Lipinski definition) is 2. The quantitative estimate of drug-likeness (QED) is 0.561. The Kier molecular flexibility index (Phi) is 5.92. The van der Waals surface area contributed by atoms with Gasteiger partial charge < -0.3 is 19.7 Å². The van der Waals surface area contributed by atoms with Crippen LogP contribution in [0, 0.1) is 0 Å². The number of carbonyl (C=O) groups is 4. The monoisotopic (exact) mass is 372 g/mol. The summed E-state index contributed by atoms with van der Waals surface area (Å²) in [4.78, 5) is 45.9. The van der Waals surface area contributed by atoms with Crippen LogP contribution in [0.1, 0.15) is 38.0 Å². The maximum absolute atomic E-state index is 12.1. The Labute approximate surface area is 153 Å². The third-order valence-electron chi connectivity index (χ3n) is 3.63. The van der Waals surface area contributed by atoms with Crippen LogP contribution >= 0.6 is 0 Å². The molecule has 0 saturated carbocycles. The Bertz CT molecular complexity index is 944. The van der Waals surface area contributed by atoms with Gasteiger partial charge in [-0.15, -0.1) is 0 Å². The molecular weight excluding hydrogens is 356 g/mol. The molecule has 2 N–H and O–H groups in total. The Morgan fingerprint density at radius 1 is 1.11 bits per heavy atom. The van der Waals surface area contributed by atoms with E-state index in [4.69, 9.17) is 14.6 Å². The maximum atomic E-state index is 12.1. The zero-order chi connectivity index (χ0) is 20.1. The van der Waals surface area contributed by atoms with Gasteiger partial charge in [0.15, 0.2) is 0 Å². The van der Waals surface area contributed by atoms with Gasteiger partial charge in [-0.3, -0.25) is 0 Å². The highest BCUT2D eigenvalue weighted by Crippen LogP contribution is 2.24. The predicted molar refractivity (Wildman–Crippen MR) is 93.9 cm³/mol. The van der Waals surface area contributed by atoms with Crippen molar-refractivity contribution in [2.24, 2.45) is 0 Å². The molecule has 8 nitrogen and oxygen atoms in total. The highest BCUT2D eigenvalue weighted by molar-refractivity contribution is 6.12. The van der Waals surface area contributed by atoms with Crippen molar-refractivity contribution in [3.63, 3.8) is 0 Å². The molecule has 140 valence electrons. The van der Waals surface area contributed by atoms with Crippen LogP contribution in [0.3, 0.4) is 0 Å². The summed E-state index contributed by atoms with van der Waals surface area (Å²) in [7, 11) is 0. The Hall–Kier alpha value is -3.68. The molecule has 0 aliphatic rings. The van der Waals surface area contributed by atoms with Crippen LogP contribution in [-0.2, 0) is 14.3 Å². The van der Waals surface area contributed by atoms with Gasteiger partial charge >= 0.3 is 23.9 Å². The highest BCUT2D eigenvalue weighted by atomic mass is 16.6. The van der Waals surface area contributed by atoms with E-state index < -0.39 is 30.0 Å². The van der Waals surface area contributed by atoms with Crippen molar-refractivity contribution in [3.8, 4) is 0 Å². The van der Waals surface area contributed by atoms with Crippen LogP contribution in [0.5, 0.6) is 0 Å². The predicted octanol–water partition coefficient (Wildman–Crippen LogP) is 2.51. The van der Waals surface area contributed by atoms with Crippen molar-refractivity contribution in [3.05, 3.63) is 59.7 Å². The number of rotatable bonds is 7. The van der Waals surface area contributed by atoms with Gasteiger partial charge in [0.25, 0.3) is 0 Å². The third-order valence-corrected chi connectivity index (χ3v) is 3.63. The molecule has 0 heterocycles. The molecule has 0 radical (unpaired) electrons. The van der Waals surface area contributed by atoms with E-state index >= 15 is 0 Å². The molecule has 0 amide bonds. The molecule has 27 heavy (non-hydrogen) atoms. The molecule has 0 bridgehead atoms. The first-order chi connectivity index (χ1) is 12.7. The topological polar surface area (TPSA) is 127 Å². The summed E-state index contributed by atoms with van der Waals surface area (Å²) in [5.41, 5.74) is -0.558. The van der Waals surface area contributed by atoms with Gasteiger partial charge in [0, 0.05) is 6.08 Å². The van der Waals surface area contributed by atoms with E-state index in [1.54, 1.807) is 6.92 Å². The lowest BCUT2D eigenvalue weighted by atomic mass is 9.97. The van der Waals surface area contributed by atoms with Crippen LogP contribution in [-0.4, -0.2) is 46.8 Å². The molecule has 1 atom stereocenters. The lowest BCUT2D eigenvalue weighted by Crippen LogP contribution is -2.21. The summed E-state index contributed by atoms with van der Waals surface area (Å²) >= 11 is 0. The zero-order valence-corrected chi connectivity index (χ0v) is 14.3. The van der Waals surface area contributed by atoms with Crippen molar-refractivity contribution in [1.82, 2.24) is 0 Å². The second kappa shape index (κ2) is 8.13. The third kappa shape index (κ3) is 4.49. The van der Waals surface area contributed by atoms with E-state index in [9.17, 15) is 24.3 Å². The summed E-state index contributed by atoms with van der Waals surface area (Å²) < 4.78 is 9.94. The van der Waals surface area contributed by atoms with Crippen LogP contribution < -0.4 is 0 Å². The average molecular weight is 372 g/mol. The summed E-state index contributed by atoms with van der Waals surface area (Å²) in [6.07, 6.45) is 0.323. The van der Waals surface area contributed by atoms with Crippen LogP contribution in [0.15, 0.2) is 43.0 Å². The van der Waals surface area contributed by atoms with E-state index in [1.807, 2.05) is 0 Å². The number of carboxylic acids is 2. The zero-order valence-electron chi connectivity index (χ0n) is 14.3. The molecule has 0 saturated heterocycles. The Balaban J connectivity index is 2.26. The van der Waals surface area contributed by atoms with Gasteiger partial charge in [0.05, 0.1) is 16.7 Å². The molecule has 8 heteroatoms. The molecule has 0 aromatic heterocycles. The van der Waals surface area contributed by atoms with Gasteiger partial charge in [-0.1, -0.05) is 18.7 Å². The molecule has 2 aromatic rings.